The lowest BCUT2D eigenvalue weighted by Crippen LogP contribution is -1.96. The zero-order chi connectivity index (χ0) is 9.84. The summed E-state index contributed by atoms with van der Waals surface area (Å²) in [5.41, 5.74) is 1.06. The molecule has 0 saturated carbocycles. The van der Waals surface area contributed by atoms with Gasteiger partial charge in [0.1, 0.15) is 0 Å². The maximum absolute atomic E-state index is 10.9. The first-order chi connectivity index (χ1) is 6.11. The van der Waals surface area contributed by atoms with Crippen molar-refractivity contribution in [2.45, 2.75) is 6.42 Å². The molecular formula is C9H9NO2S. The van der Waals surface area contributed by atoms with Gasteiger partial charge in [-0.2, -0.15) is 0 Å². The van der Waals surface area contributed by atoms with Crippen molar-refractivity contribution >= 4 is 18.1 Å². The molecule has 1 aromatic rings. The fourth-order valence-corrected chi connectivity index (χ4v) is 1.24. The summed E-state index contributed by atoms with van der Waals surface area (Å²) in [6.07, 6.45) is 0.256. The molecule has 0 unspecified atom stereocenters. The zero-order valence-corrected chi connectivity index (χ0v) is 7.75. The summed E-state index contributed by atoms with van der Waals surface area (Å²) in [6, 6.07) is 6.84. The van der Waals surface area contributed by atoms with E-state index < -0.39 is 0 Å². The van der Waals surface area contributed by atoms with E-state index >= 15 is 0 Å². The van der Waals surface area contributed by atoms with Crippen LogP contribution >= 0.6 is 0 Å². The summed E-state index contributed by atoms with van der Waals surface area (Å²) in [5, 5.41) is 19.8. The van der Waals surface area contributed by atoms with E-state index in [0.29, 0.717) is 15.4 Å². The van der Waals surface area contributed by atoms with Crippen LogP contribution in [-0.2, 0) is 18.8 Å². The highest BCUT2D eigenvalue weighted by Gasteiger charge is 2.09. The van der Waals surface area contributed by atoms with Crippen molar-refractivity contribution in [3.05, 3.63) is 47.4 Å². The Hall–Kier alpha value is -1.42. The van der Waals surface area contributed by atoms with Crippen LogP contribution in [0.15, 0.2) is 36.6 Å². The second-order valence-electron chi connectivity index (χ2n) is 2.63. The fraction of sp³-hybridized carbons (Fsp3) is 0.111. The lowest BCUT2D eigenvalue weighted by atomic mass is 10.1. The van der Waals surface area contributed by atoms with Gasteiger partial charge >= 0.3 is 0 Å². The molecule has 4 heteroatoms. The summed E-state index contributed by atoms with van der Waals surface area (Å²) in [5.74, 6) is 0.0179. The first-order valence-corrected chi connectivity index (χ1v) is 4.07. The first-order valence-electron chi connectivity index (χ1n) is 3.70. The number of hydrogen-bond donors (Lipinski definition) is 1. The summed E-state index contributed by atoms with van der Waals surface area (Å²) in [4.78, 5) is 0. The van der Waals surface area contributed by atoms with Crippen molar-refractivity contribution in [2.75, 3.05) is 0 Å². The average Bonchev–Trinajstić information content (AvgIpc) is 2.03. The summed E-state index contributed by atoms with van der Waals surface area (Å²) in [7, 11) is 0. The maximum atomic E-state index is 10.9. The molecule has 68 valence electrons. The van der Waals surface area contributed by atoms with Gasteiger partial charge in [-0.15, -0.1) is 0 Å². The van der Waals surface area contributed by atoms with Gasteiger partial charge in [-0.05, 0) is 0 Å². The molecule has 1 N–H and O–H groups in total. The molecule has 3 nitrogen and oxygen atoms in total. The highest BCUT2D eigenvalue weighted by molar-refractivity contribution is 7.44. The van der Waals surface area contributed by atoms with Gasteiger partial charge in [-0.3, -0.25) is 0 Å². The molecule has 0 heterocycles. The normalized spacial score (nSPS) is 9.54. The molecule has 0 aliphatic carbocycles. The average molecular weight is 195 g/mol. The summed E-state index contributed by atoms with van der Waals surface area (Å²) < 4.78 is 0.359. The zero-order valence-electron chi connectivity index (χ0n) is 6.93. The quantitative estimate of drug-likeness (QED) is 0.457. The van der Waals surface area contributed by atoms with Crippen LogP contribution in [0.3, 0.4) is 0 Å². The second kappa shape index (κ2) is 4.00. The largest absolute Gasteiger partial charge is 0.605 e. The number of rotatable bonds is 3. The van der Waals surface area contributed by atoms with E-state index in [9.17, 15) is 5.21 Å². The fourth-order valence-electron chi connectivity index (χ4n) is 1.06. The van der Waals surface area contributed by atoms with Crippen LogP contribution in [0.25, 0.3) is 0 Å². The molecule has 13 heavy (non-hydrogen) atoms. The third-order valence-corrected chi connectivity index (χ3v) is 1.78. The number of nitrogens with zero attached hydrogens (tertiary/aromatic N) is 1. The van der Waals surface area contributed by atoms with Crippen LogP contribution < -0.4 is 0 Å². The van der Waals surface area contributed by atoms with E-state index in [1.54, 1.807) is 24.3 Å². The van der Waals surface area contributed by atoms with Crippen LogP contribution in [0, 0.1) is 5.21 Å². The Morgan fingerprint density at radius 1 is 1.54 bits per heavy atom. The third-order valence-electron chi connectivity index (χ3n) is 1.58. The summed E-state index contributed by atoms with van der Waals surface area (Å²) >= 11 is 4.45. The summed E-state index contributed by atoms with van der Waals surface area (Å²) in [6.45, 7) is 3.35. The van der Waals surface area contributed by atoms with Gasteiger partial charge in [-0.1, -0.05) is 28.9 Å². The van der Waals surface area contributed by atoms with Crippen molar-refractivity contribution in [2.24, 2.45) is 0 Å². The number of para-hydroxylation sites is 1. The van der Waals surface area contributed by atoms with Gasteiger partial charge in [0.2, 0.25) is 5.69 Å². The number of allylic oxidation sites excluding steroid dienone is 1. The molecule has 0 aromatic heterocycles. The molecule has 0 saturated heterocycles. The molecule has 0 aliphatic heterocycles. The minimum atomic E-state index is 0.0179. The van der Waals surface area contributed by atoms with Crippen LogP contribution in [0.5, 0.6) is 0 Å². The van der Waals surface area contributed by atoms with Crippen LogP contribution in [-0.4, -0.2) is 9.22 Å². The molecule has 0 bridgehead atoms. The smallest absolute Gasteiger partial charge is 0.284 e. The Morgan fingerprint density at radius 3 is 2.69 bits per heavy atom. The Labute approximate surface area is 81.7 Å². The van der Waals surface area contributed by atoms with Gasteiger partial charge in [-0.25, -0.2) is 0 Å². The van der Waals surface area contributed by atoms with E-state index in [0.717, 1.165) is 0 Å². The van der Waals surface area contributed by atoms with Crippen molar-refractivity contribution < 1.29 is 9.22 Å². The molecule has 0 atom stereocenters. The topological polar surface area (TPSA) is 46.3 Å². The molecule has 1 aromatic carbocycles. The van der Waals surface area contributed by atoms with Crippen molar-refractivity contribution in [1.82, 2.24) is 0 Å². The molecule has 0 amide bonds. The van der Waals surface area contributed by atoms with Crippen LogP contribution in [0.4, 0.5) is 5.69 Å². The molecule has 0 spiro atoms. The van der Waals surface area contributed by atoms with Gasteiger partial charge in [0, 0.05) is 18.1 Å². The SMILES string of the molecule is C=C(O)Cc1ccccc1[N+]([O-])=S. The molecule has 1 rings (SSSR count). The lowest BCUT2D eigenvalue weighted by molar-refractivity contribution is -0.325. The Bertz CT molecular complexity index is 349. The molecule has 0 aliphatic rings. The van der Waals surface area contributed by atoms with Gasteiger partial charge in [0.25, 0.3) is 12.4 Å². The highest BCUT2D eigenvalue weighted by atomic mass is 32.1. The third kappa shape index (κ3) is 2.52. The predicted molar refractivity (Wildman–Crippen MR) is 52.6 cm³/mol. The molecule has 0 radical (unpaired) electrons. The van der Waals surface area contributed by atoms with Crippen LogP contribution in [0.2, 0.25) is 0 Å². The van der Waals surface area contributed by atoms with E-state index in [4.69, 9.17) is 5.11 Å². The van der Waals surface area contributed by atoms with Gasteiger partial charge < -0.3 is 10.3 Å². The molecular weight excluding hydrogens is 186 g/mol. The minimum Gasteiger partial charge on any atom is -0.605 e. The maximum Gasteiger partial charge on any atom is 0.284 e. The molecule has 0 fully saturated rings. The number of benzene rings is 1. The van der Waals surface area contributed by atoms with E-state index in [1.807, 2.05) is 0 Å². The van der Waals surface area contributed by atoms with Gasteiger partial charge in [0.15, 0.2) is 0 Å². The monoisotopic (exact) mass is 195 g/mol. The van der Waals surface area contributed by atoms with Crippen molar-refractivity contribution in [3.8, 4) is 0 Å². The van der Waals surface area contributed by atoms with Crippen molar-refractivity contribution in [1.29, 1.82) is 0 Å². The number of hydrogen-bond acceptors (Lipinski definition) is 3. The second-order valence-corrected chi connectivity index (χ2v) is 2.96. The first kappa shape index (κ1) is 9.67. The Morgan fingerprint density at radius 2 is 2.15 bits per heavy atom. The van der Waals surface area contributed by atoms with Crippen LogP contribution in [0.1, 0.15) is 5.56 Å². The van der Waals surface area contributed by atoms with E-state index in [2.05, 4.69) is 19.0 Å². The predicted octanol–water partition coefficient (Wildman–Crippen LogP) is 2.17. The Kier molecular flexibility index (Phi) is 2.97. The van der Waals surface area contributed by atoms with E-state index in [-0.39, 0.29) is 12.2 Å². The minimum absolute atomic E-state index is 0.0179. The lowest BCUT2D eigenvalue weighted by Gasteiger charge is -2.03. The Balaban J connectivity index is 3.04. The number of aliphatic hydroxyl groups is 1. The van der Waals surface area contributed by atoms with E-state index in [1.165, 1.54) is 0 Å². The number of aliphatic hydroxyl groups excluding tert-OH is 1. The standard InChI is InChI=1S/C9H9NO2S/c1-7(11)6-8-4-2-3-5-9(8)10(12)13/h2-5,11H,1,6H2. The van der Waals surface area contributed by atoms with Crippen molar-refractivity contribution in [3.63, 3.8) is 0 Å². The highest BCUT2D eigenvalue weighted by Crippen LogP contribution is 2.19. The van der Waals surface area contributed by atoms with Gasteiger partial charge in [0.05, 0.1) is 5.76 Å².